The average Bonchev–Trinajstić information content (AvgIpc) is 2.69. The zero-order valence-electron chi connectivity index (χ0n) is 11.9. The highest BCUT2D eigenvalue weighted by atomic mass is 32.2. The molecular formula is C15H23NO2S. The van der Waals surface area contributed by atoms with Crippen LogP contribution in [-0.4, -0.2) is 27.3 Å². The van der Waals surface area contributed by atoms with Crippen molar-refractivity contribution in [1.29, 1.82) is 0 Å². The van der Waals surface area contributed by atoms with Crippen molar-refractivity contribution in [2.45, 2.75) is 38.0 Å². The van der Waals surface area contributed by atoms with Crippen LogP contribution >= 0.6 is 0 Å². The normalized spacial score (nSPS) is 23.8. The SMILES string of the molecule is CCNCC(C)(CC)C1CS(=O)(=O)c2ccccc21. The number of fused-ring (bicyclic) bond motifs is 1. The maximum absolute atomic E-state index is 12.3. The van der Waals surface area contributed by atoms with E-state index in [4.69, 9.17) is 0 Å². The molecule has 1 heterocycles. The molecule has 2 atom stereocenters. The summed E-state index contributed by atoms with van der Waals surface area (Å²) in [6.07, 6.45) is 0.967. The lowest BCUT2D eigenvalue weighted by atomic mass is 9.72. The van der Waals surface area contributed by atoms with E-state index in [9.17, 15) is 8.42 Å². The molecule has 0 saturated carbocycles. The zero-order valence-corrected chi connectivity index (χ0v) is 12.8. The fraction of sp³-hybridized carbons (Fsp3) is 0.600. The molecule has 1 aliphatic rings. The van der Waals surface area contributed by atoms with Crippen molar-refractivity contribution >= 4 is 9.84 Å². The summed E-state index contributed by atoms with van der Waals surface area (Å²) in [6.45, 7) is 8.18. The van der Waals surface area contributed by atoms with Crippen molar-refractivity contribution in [3.05, 3.63) is 29.8 Å². The molecule has 0 fully saturated rings. The Hall–Kier alpha value is -0.870. The van der Waals surface area contributed by atoms with Gasteiger partial charge in [0.2, 0.25) is 0 Å². The Bertz CT molecular complexity index is 553. The van der Waals surface area contributed by atoms with Crippen LogP contribution < -0.4 is 5.32 Å². The van der Waals surface area contributed by atoms with Gasteiger partial charge in [-0.3, -0.25) is 0 Å². The molecule has 0 amide bonds. The molecule has 19 heavy (non-hydrogen) atoms. The van der Waals surface area contributed by atoms with E-state index >= 15 is 0 Å². The third-order valence-electron chi connectivity index (χ3n) is 4.44. The Morgan fingerprint density at radius 3 is 2.63 bits per heavy atom. The molecule has 1 aliphatic heterocycles. The molecule has 0 radical (unpaired) electrons. The molecule has 2 unspecified atom stereocenters. The minimum atomic E-state index is -3.10. The van der Waals surface area contributed by atoms with Gasteiger partial charge in [0.05, 0.1) is 10.6 Å². The fourth-order valence-electron chi connectivity index (χ4n) is 2.93. The highest BCUT2D eigenvalue weighted by Crippen LogP contribution is 2.46. The average molecular weight is 281 g/mol. The highest BCUT2D eigenvalue weighted by molar-refractivity contribution is 7.91. The number of hydrogen-bond donors (Lipinski definition) is 1. The number of rotatable bonds is 5. The van der Waals surface area contributed by atoms with Crippen LogP contribution in [0.2, 0.25) is 0 Å². The first-order valence-corrected chi connectivity index (χ1v) is 8.62. The molecule has 0 aliphatic carbocycles. The number of sulfone groups is 1. The maximum Gasteiger partial charge on any atom is 0.179 e. The monoisotopic (exact) mass is 281 g/mol. The van der Waals surface area contributed by atoms with E-state index in [1.807, 2.05) is 18.2 Å². The number of benzene rings is 1. The van der Waals surface area contributed by atoms with Crippen molar-refractivity contribution in [2.24, 2.45) is 5.41 Å². The summed E-state index contributed by atoms with van der Waals surface area (Å²) in [5, 5.41) is 3.38. The van der Waals surface area contributed by atoms with Crippen LogP contribution in [0.15, 0.2) is 29.2 Å². The van der Waals surface area contributed by atoms with E-state index in [0.29, 0.717) is 4.90 Å². The Morgan fingerprint density at radius 1 is 1.32 bits per heavy atom. The summed E-state index contributed by atoms with van der Waals surface area (Å²) in [5.41, 5.74) is 0.986. The summed E-state index contributed by atoms with van der Waals surface area (Å²) in [7, 11) is -3.10. The minimum absolute atomic E-state index is 0.0182. The molecule has 2 rings (SSSR count). The van der Waals surface area contributed by atoms with E-state index in [-0.39, 0.29) is 17.1 Å². The second kappa shape index (κ2) is 5.25. The van der Waals surface area contributed by atoms with Crippen molar-refractivity contribution in [3.63, 3.8) is 0 Å². The van der Waals surface area contributed by atoms with E-state index in [1.54, 1.807) is 6.07 Å². The maximum atomic E-state index is 12.3. The molecule has 1 N–H and O–H groups in total. The molecular weight excluding hydrogens is 258 g/mol. The van der Waals surface area contributed by atoms with E-state index in [2.05, 4.69) is 26.1 Å². The lowest BCUT2D eigenvalue weighted by Crippen LogP contribution is -2.37. The summed E-state index contributed by atoms with van der Waals surface area (Å²) in [6, 6.07) is 7.47. The summed E-state index contributed by atoms with van der Waals surface area (Å²) >= 11 is 0. The van der Waals surface area contributed by atoms with Gasteiger partial charge in [-0.2, -0.15) is 0 Å². The first-order valence-electron chi connectivity index (χ1n) is 6.97. The van der Waals surface area contributed by atoms with Crippen molar-refractivity contribution in [2.75, 3.05) is 18.8 Å². The van der Waals surface area contributed by atoms with Crippen LogP contribution in [0.25, 0.3) is 0 Å². The van der Waals surface area contributed by atoms with Crippen LogP contribution in [0.4, 0.5) is 0 Å². The van der Waals surface area contributed by atoms with Gasteiger partial charge in [-0.25, -0.2) is 8.42 Å². The molecule has 0 saturated heterocycles. The third kappa shape index (κ3) is 2.56. The van der Waals surface area contributed by atoms with E-state index in [1.165, 1.54) is 0 Å². The molecule has 1 aromatic carbocycles. The first-order chi connectivity index (χ1) is 8.94. The topological polar surface area (TPSA) is 46.2 Å². The predicted molar refractivity (Wildman–Crippen MR) is 78.2 cm³/mol. The second-order valence-corrected chi connectivity index (χ2v) is 7.66. The van der Waals surface area contributed by atoms with Gasteiger partial charge >= 0.3 is 0 Å². The summed E-state index contributed by atoms with van der Waals surface area (Å²) in [5.74, 6) is 0.347. The molecule has 106 valence electrons. The molecule has 0 aromatic heterocycles. The summed E-state index contributed by atoms with van der Waals surface area (Å²) < 4.78 is 24.6. The highest BCUT2D eigenvalue weighted by Gasteiger charge is 2.43. The minimum Gasteiger partial charge on any atom is -0.316 e. The lowest BCUT2D eigenvalue weighted by Gasteiger charge is -2.35. The molecule has 0 spiro atoms. The largest absolute Gasteiger partial charge is 0.316 e. The molecule has 3 nitrogen and oxygen atoms in total. The van der Waals surface area contributed by atoms with Gasteiger partial charge in [-0.15, -0.1) is 0 Å². The van der Waals surface area contributed by atoms with Gasteiger partial charge in [-0.1, -0.05) is 39.0 Å². The number of hydrogen-bond acceptors (Lipinski definition) is 3. The van der Waals surface area contributed by atoms with Gasteiger partial charge in [0.25, 0.3) is 0 Å². The van der Waals surface area contributed by atoms with Gasteiger partial charge in [0, 0.05) is 12.5 Å². The van der Waals surface area contributed by atoms with Crippen molar-refractivity contribution in [3.8, 4) is 0 Å². The van der Waals surface area contributed by atoms with Gasteiger partial charge in [-0.05, 0) is 30.0 Å². The first kappa shape index (κ1) is 14.5. The molecule has 0 bridgehead atoms. The van der Waals surface area contributed by atoms with Crippen LogP contribution in [0.5, 0.6) is 0 Å². The van der Waals surface area contributed by atoms with Crippen LogP contribution in [0.1, 0.15) is 38.7 Å². The van der Waals surface area contributed by atoms with Crippen LogP contribution in [0.3, 0.4) is 0 Å². The Labute approximate surface area is 116 Å². The van der Waals surface area contributed by atoms with Gasteiger partial charge < -0.3 is 5.32 Å². The van der Waals surface area contributed by atoms with Gasteiger partial charge in [0.15, 0.2) is 9.84 Å². The van der Waals surface area contributed by atoms with Crippen molar-refractivity contribution < 1.29 is 8.42 Å². The van der Waals surface area contributed by atoms with E-state index in [0.717, 1.165) is 25.1 Å². The fourth-order valence-corrected chi connectivity index (χ4v) is 4.99. The van der Waals surface area contributed by atoms with Crippen molar-refractivity contribution in [1.82, 2.24) is 5.32 Å². The van der Waals surface area contributed by atoms with Crippen LogP contribution in [0, 0.1) is 5.41 Å². The Kier molecular flexibility index (Phi) is 4.02. The van der Waals surface area contributed by atoms with E-state index < -0.39 is 9.84 Å². The predicted octanol–water partition coefficient (Wildman–Crippen LogP) is 2.58. The quantitative estimate of drug-likeness (QED) is 0.902. The lowest BCUT2D eigenvalue weighted by molar-refractivity contribution is 0.246. The smallest absolute Gasteiger partial charge is 0.179 e. The third-order valence-corrected chi connectivity index (χ3v) is 6.26. The second-order valence-electron chi connectivity index (χ2n) is 5.66. The number of nitrogens with one attached hydrogen (secondary N) is 1. The molecule has 4 heteroatoms. The Morgan fingerprint density at radius 2 is 2.00 bits per heavy atom. The summed E-state index contributed by atoms with van der Waals surface area (Å²) in [4.78, 5) is 0.538. The Balaban J connectivity index is 2.42. The van der Waals surface area contributed by atoms with Gasteiger partial charge in [0.1, 0.15) is 0 Å². The standard InChI is InChI=1S/C15H23NO2S/c1-4-15(3,11-16-5-2)13-10-19(17,18)14-9-7-6-8-12(13)14/h6-9,13,16H,4-5,10-11H2,1-3H3. The molecule has 1 aromatic rings. The van der Waals surface area contributed by atoms with Crippen LogP contribution in [-0.2, 0) is 9.84 Å². The zero-order chi connectivity index (χ0) is 14.1.